The number of aliphatic carboxylic acids is 1. The van der Waals surface area contributed by atoms with Gasteiger partial charge in [-0.15, -0.1) is 0 Å². The van der Waals surface area contributed by atoms with Gasteiger partial charge in [0.05, 0.1) is 0 Å². The van der Waals surface area contributed by atoms with Crippen LogP contribution in [0, 0.1) is 5.92 Å². The molecular formula is C10H19NO4. The third-order valence-electron chi connectivity index (χ3n) is 2.19. The number of carboxylic acid groups (broad SMARTS) is 1. The third kappa shape index (κ3) is 5.37. The maximum Gasteiger partial charge on any atom is 0.303 e. The van der Waals surface area contributed by atoms with Crippen molar-refractivity contribution in [2.24, 2.45) is 5.92 Å². The van der Waals surface area contributed by atoms with Gasteiger partial charge in [0, 0.05) is 20.1 Å². The first-order valence-corrected chi connectivity index (χ1v) is 4.85. The SMILES string of the molecule is COC(C)(C)C(=O)NCC(C)CC(=O)O. The van der Waals surface area contributed by atoms with Crippen molar-refractivity contribution in [2.45, 2.75) is 32.8 Å². The summed E-state index contributed by atoms with van der Waals surface area (Å²) in [6.45, 7) is 5.43. The minimum atomic E-state index is -0.872. The predicted molar refractivity (Wildman–Crippen MR) is 55.5 cm³/mol. The van der Waals surface area contributed by atoms with E-state index in [9.17, 15) is 9.59 Å². The Balaban J connectivity index is 3.95. The highest BCUT2D eigenvalue weighted by Gasteiger charge is 2.26. The van der Waals surface area contributed by atoms with Crippen LogP contribution in [0.5, 0.6) is 0 Å². The Labute approximate surface area is 89.8 Å². The Morgan fingerprint density at radius 1 is 1.47 bits per heavy atom. The summed E-state index contributed by atoms with van der Waals surface area (Å²) in [4.78, 5) is 21.9. The molecule has 1 amide bonds. The molecule has 0 bridgehead atoms. The molecule has 0 heterocycles. The Hall–Kier alpha value is -1.10. The highest BCUT2D eigenvalue weighted by molar-refractivity contribution is 5.84. The molecular weight excluding hydrogens is 198 g/mol. The van der Waals surface area contributed by atoms with E-state index >= 15 is 0 Å². The standard InChI is InChI=1S/C10H19NO4/c1-7(5-8(12)13)6-11-9(14)10(2,3)15-4/h7H,5-6H2,1-4H3,(H,11,14)(H,12,13). The number of carboxylic acids is 1. The number of carbonyl (C=O) groups excluding carboxylic acids is 1. The van der Waals surface area contributed by atoms with Crippen molar-refractivity contribution in [1.82, 2.24) is 5.32 Å². The lowest BCUT2D eigenvalue weighted by Gasteiger charge is -2.22. The maximum atomic E-state index is 11.5. The highest BCUT2D eigenvalue weighted by Crippen LogP contribution is 2.07. The van der Waals surface area contributed by atoms with Crippen LogP contribution in [0.2, 0.25) is 0 Å². The van der Waals surface area contributed by atoms with Gasteiger partial charge >= 0.3 is 5.97 Å². The second-order valence-electron chi connectivity index (χ2n) is 4.13. The molecule has 88 valence electrons. The highest BCUT2D eigenvalue weighted by atomic mass is 16.5. The Morgan fingerprint density at radius 2 is 2.00 bits per heavy atom. The van der Waals surface area contributed by atoms with Gasteiger partial charge in [-0.2, -0.15) is 0 Å². The maximum absolute atomic E-state index is 11.5. The van der Waals surface area contributed by atoms with Gasteiger partial charge in [-0.25, -0.2) is 0 Å². The van der Waals surface area contributed by atoms with E-state index in [2.05, 4.69) is 5.32 Å². The molecule has 0 aromatic heterocycles. The molecule has 0 saturated heterocycles. The molecule has 0 fully saturated rings. The second-order valence-corrected chi connectivity index (χ2v) is 4.13. The average Bonchev–Trinajstić information content (AvgIpc) is 2.13. The van der Waals surface area contributed by atoms with Crippen LogP contribution >= 0.6 is 0 Å². The fourth-order valence-electron chi connectivity index (χ4n) is 0.943. The molecule has 5 nitrogen and oxygen atoms in total. The zero-order valence-corrected chi connectivity index (χ0v) is 9.66. The van der Waals surface area contributed by atoms with Gasteiger partial charge in [0.25, 0.3) is 5.91 Å². The zero-order valence-electron chi connectivity index (χ0n) is 9.66. The number of rotatable bonds is 6. The molecule has 0 radical (unpaired) electrons. The molecule has 0 aromatic carbocycles. The van der Waals surface area contributed by atoms with Crippen LogP contribution in [0.4, 0.5) is 0 Å². The summed E-state index contributed by atoms with van der Waals surface area (Å²) >= 11 is 0. The molecule has 0 aliphatic heterocycles. The summed E-state index contributed by atoms with van der Waals surface area (Å²) in [5.74, 6) is -1.18. The summed E-state index contributed by atoms with van der Waals surface area (Å²) < 4.78 is 4.98. The molecule has 0 spiro atoms. The van der Waals surface area contributed by atoms with Crippen molar-refractivity contribution in [1.29, 1.82) is 0 Å². The van der Waals surface area contributed by atoms with E-state index in [1.165, 1.54) is 7.11 Å². The number of amides is 1. The van der Waals surface area contributed by atoms with E-state index < -0.39 is 11.6 Å². The minimum absolute atomic E-state index is 0.0493. The first-order chi connectivity index (χ1) is 6.79. The van der Waals surface area contributed by atoms with Gasteiger partial charge in [0.2, 0.25) is 0 Å². The topological polar surface area (TPSA) is 75.6 Å². The van der Waals surface area contributed by atoms with Gasteiger partial charge in [-0.3, -0.25) is 9.59 Å². The largest absolute Gasteiger partial charge is 0.481 e. The quantitative estimate of drug-likeness (QED) is 0.684. The summed E-state index contributed by atoms with van der Waals surface area (Å²) in [5, 5.41) is 11.2. The van der Waals surface area contributed by atoms with Crippen molar-refractivity contribution in [3.63, 3.8) is 0 Å². The average molecular weight is 217 g/mol. The lowest BCUT2D eigenvalue weighted by Crippen LogP contribution is -2.45. The Kier molecular flexibility index (Phi) is 5.28. The molecule has 15 heavy (non-hydrogen) atoms. The fourth-order valence-corrected chi connectivity index (χ4v) is 0.943. The predicted octanol–water partition coefficient (Wildman–Crippen LogP) is 0.638. The van der Waals surface area contributed by atoms with E-state index in [1.807, 2.05) is 0 Å². The number of hydrogen-bond donors (Lipinski definition) is 2. The smallest absolute Gasteiger partial charge is 0.303 e. The van der Waals surface area contributed by atoms with E-state index in [-0.39, 0.29) is 18.2 Å². The van der Waals surface area contributed by atoms with Gasteiger partial charge in [-0.05, 0) is 19.8 Å². The van der Waals surface area contributed by atoms with Crippen LogP contribution in [-0.4, -0.2) is 36.2 Å². The molecule has 0 saturated carbocycles. The number of nitrogens with one attached hydrogen (secondary N) is 1. The molecule has 1 atom stereocenters. The summed E-state index contributed by atoms with van der Waals surface area (Å²) in [7, 11) is 1.46. The van der Waals surface area contributed by atoms with E-state index in [0.29, 0.717) is 6.54 Å². The molecule has 0 aliphatic rings. The first-order valence-electron chi connectivity index (χ1n) is 4.85. The zero-order chi connectivity index (χ0) is 12.1. The van der Waals surface area contributed by atoms with Crippen molar-refractivity contribution in [3.8, 4) is 0 Å². The summed E-state index contributed by atoms with van der Waals surface area (Å²) in [6.07, 6.45) is 0.0493. The van der Waals surface area contributed by atoms with Crippen molar-refractivity contribution in [2.75, 3.05) is 13.7 Å². The first kappa shape index (κ1) is 13.9. The normalized spacial score (nSPS) is 13.3. The van der Waals surface area contributed by atoms with Crippen LogP contribution in [0.3, 0.4) is 0 Å². The van der Waals surface area contributed by atoms with Crippen LogP contribution in [0.25, 0.3) is 0 Å². The van der Waals surface area contributed by atoms with Crippen molar-refractivity contribution in [3.05, 3.63) is 0 Å². The van der Waals surface area contributed by atoms with Gasteiger partial charge in [-0.1, -0.05) is 6.92 Å². The van der Waals surface area contributed by atoms with E-state index in [0.717, 1.165) is 0 Å². The Morgan fingerprint density at radius 3 is 2.40 bits per heavy atom. The fraction of sp³-hybridized carbons (Fsp3) is 0.800. The minimum Gasteiger partial charge on any atom is -0.481 e. The van der Waals surface area contributed by atoms with Gasteiger partial charge in [0.1, 0.15) is 5.60 Å². The lowest BCUT2D eigenvalue weighted by atomic mass is 10.1. The van der Waals surface area contributed by atoms with Gasteiger partial charge in [0.15, 0.2) is 0 Å². The number of methoxy groups -OCH3 is 1. The van der Waals surface area contributed by atoms with Crippen molar-refractivity contribution < 1.29 is 19.4 Å². The molecule has 5 heteroatoms. The van der Waals surface area contributed by atoms with E-state index in [4.69, 9.17) is 9.84 Å². The monoisotopic (exact) mass is 217 g/mol. The third-order valence-corrected chi connectivity index (χ3v) is 2.19. The van der Waals surface area contributed by atoms with Crippen LogP contribution < -0.4 is 5.32 Å². The van der Waals surface area contributed by atoms with E-state index in [1.54, 1.807) is 20.8 Å². The lowest BCUT2D eigenvalue weighted by molar-refractivity contribution is -0.141. The second kappa shape index (κ2) is 5.70. The number of ether oxygens (including phenoxy) is 1. The molecule has 2 N–H and O–H groups in total. The van der Waals surface area contributed by atoms with Crippen LogP contribution in [0.1, 0.15) is 27.2 Å². The van der Waals surface area contributed by atoms with Gasteiger partial charge < -0.3 is 15.2 Å². The molecule has 0 rings (SSSR count). The Bertz CT molecular complexity index is 238. The van der Waals surface area contributed by atoms with Crippen LogP contribution in [0.15, 0.2) is 0 Å². The van der Waals surface area contributed by atoms with Crippen molar-refractivity contribution >= 4 is 11.9 Å². The summed E-state index contributed by atoms with van der Waals surface area (Å²) in [5.41, 5.74) is -0.872. The summed E-state index contributed by atoms with van der Waals surface area (Å²) in [6, 6.07) is 0. The number of hydrogen-bond acceptors (Lipinski definition) is 3. The van der Waals surface area contributed by atoms with Crippen LogP contribution in [-0.2, 0) is 14.3 Å². The molecule has 0 aromatic rings. The molecule has 0 aliphatic carbocycles. The number of carbonyl (C=O) groups is 2. The molecule has 1 unspecified atom stereocenters.